The highest BCUT2D eigenvalue weighted by Gasteiger charge is 2.03. The lowest BCUT2D eigenvalue weighted by molar-refractivity contribution is 0.483. The average molecular weight is 298 g/mol. The van der Waals surface area contributed by atoms with Crippen LogP contribution in [-0.2, 0) is 0 Å². The van der Waals surface area contributed by atoms with E-state index in [1.165, 1.54) is 0 Å². The maximum absolute atomic E-state index is 5.81. The summed E-state index contributed by atoms with van der Waals surface area (Å²) in [7, 11) is 0. The van der Waals surface area contributed by atoms with Gasteiger partial charge in [0.1, 0.15) is 11.5 Å². The second-order valence-corrected chi connectivity index (χ2v) is 5.18. The minimum absolute atomic E-state index is 0.808. The van der Waals surface area contributed by atoms with Gasteiger partial charge in [0.05, 0.1) is 16.7 Å². The predicted molar refractivity (Wildman–Crippen MR) is 91.5 cm³/mol. The van der Waals surface area contributed by atoms with Crippen molar-refractivity contribution in [3.05, 3.63) is 85.1 Å². The highest BCUT2D eigenvalue weighted by molar-refractivity contribution is 5.77. The van der Waals surface area contributed by atoms with Gasteiger partial charge in [-0.3, -0.25) is 4.98 Å². The molecule has 0 radical (unpaired) electrons. The minimum Gasteiger partial charge on any atom is -0.457 e. The Labute approximate surface area is 134 Å². The highest BCUT2D eigenvalue weighted by Crippen LogP contribution is 2.25. The van der Waals surface area contributed by atoms with Crippen LogP contribution in [0.1, 0.15) is 0 Å². The van der Waals surface area contributed by atoms with Crippen molar-refractivity contribution in [2.24, 2.45) is 0 Å². The topological polar surface area (TPSA) is 35.0 Å². The van der Waals surface area contributed by atoms with Crippen LogP contribution in [-0.4, -0.2) is 9.97 Å². The van der Waals surface area contributed by atoms with Gasteiger partial charge >= 0.3 is 0 Å². The van der Waals surface area contributed by atoms with E-state index < -0.39 is 0 Å². The largest absolute Gasteiger partial charge is 0.457 e. The lowest BCUT2D eigenvalue weighted by Crippen LogP contribution is -1.88. The number of pyridine rings is 2. The van der Waals surface area contributed by atoms with Gasteiger partial charge in [-0.15, -0.1) is 0 Å². The quantitative estimate of drug-likeness (QED) is 0.528. The van der Waals surface area contributed by atoms with E-state index >= 15 is 0 Å². The summed E-state index contributed by atoms with van der Waals surface area (Å²) < 4.78 is 5.81. The summed E-state index contributed by atoms with van der Waals surface area (Å²) in [5.41, 5.74) is 3.78. The van der Waals surface area contributed by atoms with Gasteiger partial charge in [0, 0.05) is 11.8 Å². The predicted octanol–water partition coefficient (Wildman–Crippen LogP) is 5.09. The molecule has 0 unspecified atom stereocenters. The zero-order valence-electron chi connectivity index (χ0n) is 12.4. The van der Waals surface area contributed by atoms with Crippen molar-refractivity contribution in [3.63, 3.8) is 0 Å². The van der Waals surface area contributed by atoms with Crippen molar-refractivity contribution in [3.8, 4) is 22.8 Å². The molecule has 23 heavy (non-hydrogen) atoms. The Kier molecular flexibility index (Phi) is 3.45. The van der Waals surface area contributed by atoms with Crippen molar-refractivity contribution in [2.75, 3.05) is 0 Å². The second-order valence-electron chi connectivity index (χ2n) is 5.18. The Bertz CT molecular complexity index is 934. The van der Waals surface area contributed by atoms with Gasteiger partial charge in [0.2, 0.25) is 0 Å². The lowest BCUT2D eigenvalue weighted by Gasteiger charge is -2.07. The third kappa shape index (κ3) is 2.90. The van der Waals surface area contributed by atoms with Crippen molar-refractivity contribution in [2.45, 2.75) is 0 Å². The number of hydrogen-bond donors (Lipinski definition) is 0. The van der Waals surface area contributed by atoms with Crippen LogP contribution in [0.2, 0.25) is 0 Å². The SMILES string of the molecule is c1ccc(Oc2ccc(-c3ccc4ncccc4n3)cc2)cc1. The molecule has 0 bridgehead atoms. The summed E-state index contributed by atoms with van der Waals surface area (Å²) in [6, 6.07) is 25.5. The van der Waals surface area contributed by atoms with Gasteiger partial charge in [-0.2, -0.15) is 0 Å². The molecule has 0 saturated heterocycles. The van der Waals surface area contributed by atoms with Crippen molar-refractivity contribution in [1.29, 1.82) is 0 Å². The molecule has 2 aromatic heterocycles. The van der Waals surface area contributed by atoms with Gasteiger partial charge < -0.3 is 4.74 Å². The molecule has 3 nitrogen and oxygen atoms in total. The first-order valence-corrected chi connectivity index (χ1v) is 7.44. The molecule has 2 heterocycles. The molecule has 2 aromatic carbocycles. The van der Waals surface area contributed by atoms with E-state index in [1.807, 2.05) is 78.9 Å². The molecule has 4 rings (SSSR count). The molecule has 4 aromatic rings. The number of rotatable bonds is 3. The molecule has 0 aliphatic carbocycles. The number of fused-ring (bicyclic) bond motifs is 1. The number of para-hydroxylation sites is 1. The van der Waals surface area contributed by atoms with Gasteiger partial charge in [0.25, 0.3) is 0 Å². The maximum Gasteiger partial charge on any atom is 0.127 e. The first kappa shape index (κ1) is 13.5. The third-order valence-electron chi connectivity index (χ3n) is 3.59. The van der Waals surface area contributed by atoms with Crippen LogP contribution in [0, 0.1) is 0 Å². The number of benzene rings is 2. The fourth-order valence-electron chi connectivity index (χ4n) is 2.44. The maximum atomic E-state index is 5.81. The van der Waals surface area contributed by atoms with Crippen LogP contribution in [0.4, 0.5) is 0 Å². The molecule has 0 atom stereocenters. The zero-order chi connectivity index (χ0) is 15.5. The number of nitrogens with zero attached hydrogens (tertiary/aromatic N) is 2. The van der Waals surface area contributed by atoms with Crippen molar-refractivity contribution < 1.29 is 4.74 Å². The van der Waals surface area contributed by atoms with Gasteiger partial charge in [-0.25, -0.2) is 4.98 Å². The highest BCUT2D eigenvalue weighted by atomic mass is 16.5. The lowest BCUT2D eigenvalue weighted by atomic mass is 10.1. The Morgan fingerprint density at radius 3 is 2.22 bits per heavy atom. The number of ether oxygens (including phenoxy) is 1. The van der Waals surface area contributed by atoms with E-state index in [9.17, 15) is 0 Å². The monoisotopic (exact) mass is 298 g/mol. The molecule has 0 aliphatic rings. The first-order chi connectivity index (χ1) is 11.4. The van der Waals surface area contributed by atoms with E-state index in [4.69, 9.17) is 4.74 Å². The van der Waals surface area contributed by atoms with Gasteiger partial charge in [0.15, 0.2) is 0 Å². The van der Waals surface area contributed by atoms with Gasteiger partial charge in [-0.05, 0) is 60.7 Å². The summed E-state index contributed by atoms with van der Waals surface area (Å²) in [5, 5.41) is 0. The molecule has 0 spiro atoms. The Morgan fingerprint density at radius 2 is 1.39 bits per heavy atom. The van der Waals surface area contributed by atoms with Crippen LogP contribution < -0.4 is 4.74 Å². The molecular formula is C20H14N2O. The fraction of sp³-hybridized carbons (Fsp3) is 0. The van der Waals surface area contributed by atoms with Crippen molar-refractivity contribution >= 4 is 11.0 Å². The fourth-order valence-corrected chi connectivity index (χ4v) is 2.44. The molecule has 0 aliphatic heterocycles. The van der Waals surface area contributed by atoms with E-state index in [0.717, 1.165) is 33.8 Å². The van der Waals surface area contributed by atoms with E-state index in [1.54, 1.807) is 6.20 Å². The minimum atomic E-state index is 0.808. The van der Waals surface area contributed by atoms with E-state index in [-0.39, 0.29) is 0 Å². The average Bonchev–Trinajstić information content (AvgIpc) is 2.63. The molecular weight excluding hydrogens is 284 g/mol. The molecule has 0 N–H and O–H groups in total. The molecule has 0 amide bonds. The van der Waals surface area contributed by atoms with E-state index in [2.05, 4.69) is 9.97 Å². The Hall–Kier alpha value is -3.20. The smallest absolute Gasteiger partial charge is 0.127 e. The molecule has 0 fully saturated rings. The summed E-state index contributed by atoms with van der Waals surface area (Å²) in [6.07, 6.45) is 1.78. The summed E-state index contributed by atoms with van der Waals surface area (Å²) in [6.45, 7) is 0. The first-order valence-electron chi connectivity index (χ1n) is 7.44. The second kappa shape index (κ2) is 5.89. The Balaban J connectivity index is 1.61. The van der Waals surface area contributed by atoms with Crippen LogP contribution in [0.3, 0.4) is 0 Å². The third-order valence-corrected chi connectivity index (χ3v) is 3.59. The molecule has 0 saturated carbocycles. The zero-order valence-corrected chi connectivity index (χ0v) is 12.4. The van der Waals surface area contributed by atoms with Crippen LogP contribution in [0.5, 0.6) is 11.5 Å². The normalized spacial score (nSPS) is 10.6. The molecule has 110 valence electrons. The van der Waals surface area contributed by atoms with E-state index in [0.29, 0.717) is 0 Å². The standard InChI is InChI=1S/C20H14N2O/c1-2-5-16(6-3-1)23-17-10-8-15(9-11-17)18-12-13-19-20(22-18)7-4-14-21-19/h1-14H. The summed E-state index contributed by atoms with van der Waals surface area (Å²) >= 11 is 0. The number of hydrogen-bond acceptors (Lipinski definition) is 3. The van der Waals surface area contributed by atoms with Crippen LogP contribution >= 0.6 is 0 Å². The number of aromatic nitrogens is 2. The summed E-state index contributed by atoms with van der Waals surface area (Å²) in [4.78, 5) is 8.95. The van der Waals surface area contributed by atoms with Crippen molar-refractivity contribution in [1.82, 2.24) is 9.97 Å². The Morgan fingerprint density at radius 1 is 0.609 bits per heavy atom. The van der Waals surface area contributed by atoms with Gasteiger partial charge in [-0.1, -0.05) is 18.2 Å². The summed E-state index contributed by atoms with van der Waals surface area (Å²) in [5.74, 6) is 1.64. The van der Waals surface area contributed by atoms with Crippen LogP contribution in [0.25, 0.3) is 22.3 Å². The molecule has 3 heteroatoms. The van der Waals surface area contributed by atoms with Crippen LogP contribution in [0.15, 0.2) is 85.1 Å².